The molecule has 0 atom stereocenters. The van der Waals surface area contributed by atoms with Crippen LogP contribution in [0.25, 0.3) is 10.4 Å². The molecule has 3 rings (SSSR count). The minimum atomic E-state index is -0.883. The summed E-state index contributed by atoms with van der Waals surface area (Å²) in [6.07, 6.45) is 3.74. The van der Waals surface area contributed by atoms with Crippen LogP contribution in [0.2, 0.25) is 0 Å². The van der Waals surface area contributed by atoms with Gasteiger partial charge in [0.25, 0.3) is 0 Å². The molecule has 0 radical (unpaired) electrons. The number of carboxylic acids is 1. The van der Waals surface area contributed by atoms with Crippen molar-refractivity contribution in [2.45, 2.75) is 13.5 Å². The number of carbonyl (C=O) groups is 1. The van der Waals surface area contributed by atoms with Crippen molar-refractivity contribution in [2.24, 2.45) is 0 Å². The minimum absolute atomic E-state index is 0.360. The number of carboxylic acid groups (broad SMARTS) is 1. The number of thiophene rings is 1. The van der Waals surface area contributed by atoms with E-state index in [4.69, 9.17) is 5.11 Å². The fourth-order valence-electron chi connectivity index (χ4n) is 2.21. The van der Waals surface area contributed by atoms with Gasteiger partial charge in [-0.2, -0.15) is 5.10 Å². The SMILES string of the molecule is Cc1cc(C(=O)O)sc1-c1cnn(Cc2ccccc2)c1. The summed E-state index contributed by atoms with van der Waals surface area (Å²) in [6.45, 7) is 2.63. The average Bonchev–Trinajstić information content (AvgIpc) is 3.06. The van der Waals surface area contributed by atoms with Crippen LogP contribution >= 0.6 is 11.3 Å². The van der Waals surface area contributed by atoms with E-state index in [-0.39, 0.29) is 0 Å². The number of aromatic carboxylic acids is 1. The van der Waals surface area contributed by atoms with E-state index in [2.05, 4.69) is 17.2 Å². The average molecular weight is 298 g/mol. The molecule has 0 fully saturated rings. The molecule has 4 nitrogen and oxygen atoms in total. The molecule has 0 saturated heterocycles. The third kappa shape index (κ3) is 2.87. The summed E-state index contributed by atoms with van der Waals surface area (Å²) in [4.78, 5) is 12.4. The van der Waals surface area contributed by atoms with Gasteiger partial charge in [-0.1, -0.05) is 30.3 Å². The number of aromatic nitrogens is 2. The second-order valence-corrected chi connectivity index (χ2v) is 5.89. The van der Waals surface area contributed by atoms with Crippen molar-refractivity contribution < 1.29 is 9.90 Å². The highest BCUT2D eigenvalue weighted by Crippen LogP contribution is 2.32. The standard InChI is InChI=1S/C16H14N2O2S/c1-11-7-14(16(19)20)21-15(11)13-8-17-18(10-13)9-12-5-3-2-4-6-12/h2-8,10H,9H2,1H3,(H,19,20). The van der Waals surface area contributed by atoms with Gasteiger partial charge in [-0.3, -0.25) is 4.68 Å². The first-order valence-electron chi connectivity index (χ1n) is 6.54. The summed E-state index contributed by atoms with van der Waals surface area (Å²) in [7, 11) is 0. The van der Waals surface area contributed by atoms with E-state index in [1.54, 1.807) is 12.3 Å². The van der Waals surface area contributed by atoms with Crippen molar-refractivity contribution in [2.75, 3.05) is 0 Å². The quantitative estimate of drug-likeness (QED) is 0.799. The molecule has 0 saturated carbocycles. The lowest BCUT2D eigenvalue weighted by Gasteiger charge is -2.00. The van der Waals surface area contributed by atoms with Gasteiger partial charge in [0.1, 0.15) is 4.88 Å². The molecule has 5 heteroatoms. The lowest BCUT2D eigenvalue weighted by molar-refractivity contribution is 0.0702. The summed E-state index contributed by atoms with van der Waals surface area (Å²) >= 11 is 1.29. The van der Waals surface area contributed by atoms with Crippen LogP contribution in [-0.2, 0) is 6.54 Å². The molecule has 21 heavy (non-hydrogen) atoms. The van der Waals surface area contributed by atoms with Crippen LogP contribution in [0.4, 0.5) is 0 Å². The van der Waals surface area contributed by atoms with Crippen molar-refractivity contribution in [3.63, 3.8) is 0 Å². The maximum Gasteiger partial charge on any atom is 0.345 e. The van der Waals surface area contributed by atoms with E-state index < -0.39 is 5.97 Å². The molecule has 0 bridgehead atoms. The number of rotatable bonds is 4. The number of hydrogen-bond donors (Lipinski definition) is 1. The monoisotopic (exact) mass is 298 g/mol. The first-order chi connectivity index (χ1) is 10.1. The summed E-state index contributed by atoms with van der Waals surface area (Å²) in [5.74, 6) is -0.883. The maximum atomic E-state index is 11.0. The number of aryl methyl sites for hydroxylation is 1. The van der Waals surface area contributed by atoms with Gasteiger partial charge in [0.15, 0.2) is 0 Å². The number of nitrogens with zero attached hydrogens (tertiary/aromatic N) is 2. The second kappa shape index (κ2) is 5.54. The van der Waals surface area contributed by atoms with Crippen LogP contribution in [0.3, 0.4) is 0 Å². The molecule has 1 aromatic carbocycles. The Kier molecular flexibility index (Phi) is 3.58. The van der Waals surface area contributed by atoms with E-state index >= 15 is 0 Å². The Labute approximate surface area is 126 Å². The predicted octanol–water partition coefficient (Wildman–Crippen LogP) is 3.67. The van der Waals surface area contributed by atoms with Crippen molar-refractivity contribution in [1.29, 1.82) is 0 Å². The highest BCUT2D eigenvalue weighted by Gasteiger charge is 2.13. The molecule has 0 aliphatic heterocycles. The van der Waals surface area contributed by atoms with Crippen LogP contribution < -0.4 is 0 Å². The lowest BCUT2D eigenvalue weighted by atomic mass is 10.2. The van der Waals surface area contributed by atoms with Crippen molar-refractivity contribution >= 4 is 17.3 Å². The third-order valence-electron chi connectivity index (χ3n) is 3.21. The molecule has 2 aromatic heterocycles. The van der Waals surface area contributed by atoms with Crippen LogP contribution in [0.15, 0.2) is 48.8 Å². The van der Waals surface area contributed by atoms with Gasteiger partial charge >= 0.3 is 5.97 Å². The number of benzene rings is 1. The molecule has 0 aliphatic carbocycles. The van der Waals surface area contributed by atoms with Gasteiger partial charge in [-0.15, -0.1) is 11.3 Å². The summed E-state index contributed by atoms with van der Waals surface area (Å²) in [5, 5.41) is 13.4. The fraction of sp³-hybridized carbons (Fsp3) is 0.125. The zero-order valence-corrected chi connectivity index (χ0v) is 12.3. The highest BCUT2D eigenvalue weighted by molar-refractivity contribution is 7.17. The Hall–Kier alpha value is -2.40. The van der Waals surface area contributed by atoms with Gasteiger partial charge in [-0.05, 0) is 24.1 Å². The van der Waals surface area contributed by atoms with Gasteiger partial charge in [0.05, 0.1) is 12.7 Å². The Balaban J connectivity index is 1.86. The van der Waals surface area contributed by atoms with E-state index in [0.29, 0.717) is 11.4 Å². The van der Waals surface area contributed by atoms with Gasteiger partial charge in [0.2, 0.25) is 0 Å². The van der Waals surface area contributed by atoms with Crippen molar-refractivity contribution in [3.8, 4) is 10.4 Å². The Bertz CT molecular complexity index is 775. The first kappa shape index (κ1) is 13.6. The van der Waals surface area contributed by atoms with E-state index in [1.807, 2.05) is 36.0 Å². The Morgan fingerprint density at radius 2 is 2.10 bits per heavy atom. The molecule has 1 N–H and O–H groups in total. The number of hydrogen-bond acceptors (Lipinski definition) is 3. The largest absolute Gasteiger partial charge is 0.477 e. The van der Waals surface area contributed by atoms with Gasteiger partial charge < -0.3 is 5.11 Å². The molecule has 0 aliphatic rings. The van der Waals surface area contributed by atoms with E-state index in [9.17, 15) is 4.79 Å². The highest BCUT2D eigenvalue weighted by atomic mass is 32.1. The molecular formula is C16H14N2O2S. The topological polar surface area (TPSA) is 55.1 Å². The van der Waals surface area contributed by atoms with Crippen LogP contribution in [-0.4, -0.2) is 20.9 Å². The molecule has 0 spiro atoms. The zero-order valence-electron chi connectivity index (χ0n) is 11.5. The molecule has 2 heterocycles. The summed E-state index contributed by atoms with van der Waals surface area (Å²) in [6, 6.07) is 11.8. The molecular weight excluding hydrogens is 284 g/mol. The molecule has 3 aromatic rings. The van der Waals surface area contributed by atoms with Crippen molar-refractivity contribution in [3.05, 3.63) is 64.8 Å². The Morgan fingerprint density at radius 3 is 2.76 bits per heavy atom. The second-order valence-electron chi connectivity index (χ2n) is 4.84. The molecule has 0 unspecified atom stereocenters. The third-order valence-corrected chi connectivity index (χ3v) is 4.49. The minimum Gasteiger partial charge on any atom is -0.477 e. The zero-order chi connectivity index (χ0) is 14.8. The van der Waals surface area contributed by atoms with Gasteiger partial charge in [-0.25, -0.2) is 4.79 Å². The van der Waals surface area contributed by atoms with E-state index in [0.717, 1.165) is 16.0 Å². The summed E-state index contributed by atoms with van der Waals surface area (Å²) < 4.78 is 1.87. The van der Waals surface area contributed by atoms with E-state index in [1.165, 1.54) is 16.9 Å². The smallest absolute Gasteiger partial charge is 0.345 e. The fourth-order valence-corrected chi connectivity index (χ4v) is 3.20. The van der Waals surface area contributed by atoms with Gasteiger partial charge in [0, 0.05) is 16.6 Å². The maximum absolute atomic E-state index is 11.0. The van der Waals surface area contributed by atoms with Crippen LogP contribution in [0, 0.1) is 6.92 Å². The summed E-state index contributed by atoms with van der Waals surface area (Å²) in [5.41, 5.74) is 3.11. The van der Waals surface area contributed by atoms with Crippen LogP contribution in [0.5, 0.6) is 0 Å². The first-order valence-corrected chi connectivity index (χ1v) is 7.35. The van der Waals surface area contributed by atoms with Crippen LogP contribution in [0.1, 0.15) is 20.8 Å². The van der Waals surface area contributed by atoms with Crippen molar-refractivity contribution in [1.82, 2.24) is 9.78 Å². The normalized spacial score (nSPS) is 10.7. The lowest BCUT2D eigenvalue weighted by Crippen LogP contribution is -1.99. The predicted molar refractivity (Wildman–Crippen MR) is 82.8 cm³/mol. The molecule has 106 valence electrons. The molecule has 0 amide bonds. The Morgan fingerprint density at radius 1 is 1.33 bits per heavy atom.